The van der Waals surface area contributed by atoms with Gasteiger partial charge in [-0.25, -0.2) is 9.59 Å². The first-order chi connectivity index (χ1) is 18.3. The van der Waals surface area contributed by atoms with Crippen molar-refractivity contribution < 1.29 is 19.0 Å². The zero-order valence-electron chi connectivity index (χ0n) is 22.6. The molecule has 0 bridgehead atoms. The average molecular weight is 529 g/mol. The number of likely N-dealkylation sites (tertiary alicyclic amines) is 1. The highest BCUT2D eigenvalue weighted by atomic mass is 16.7. The molecule has 0 spiro atoms. The number of hydrogen-bond acceptors (Lipinski definition) is 8. The number of likely N-dealkylation sites (N-methyl/N-ethyl adjacent to an activating group) is 1. The Labute approximate surface area is 223 Å². The van der Waals surface area contributed by atoms with Gasteiger partial charge in [0.05, 0.1) is 6.10 Å². The second-order valence-electron chi connectivity index (χ2n) is 10.4. The quantitative estimate of drug-likeness (QED) is 0.469. The molecule has 4 rings (SSSR count). The molecular weight excluding hydrogens is 488 g/mol. The number of H-pyrrole nitrogens is 1. The van der Waals surface area contributed by atoms with E-state index in [0.717, 1.165) is 19.6 Å². The number of benzene rings is 1. The fourth-order valence-corrected chi connectivity index (χ4v) is 5.32. The summed E-state index contributed by atoms with van der Waals surface area (Å²) in [5, 5.41) is 0. The Morgan fingerprint density at radius 3 is 2.74 bits per heavy atom. The third kappa shape index (κ3) is 7.33. The summed E-state index contributed by atoms with van der Waals surface area (Å²) in [5.74, 6) is 0. The smallest absolute Gasteiger partial charge is 0.433 e. The molecule has 2 fully saturated rings. The molecule has 2 saturated heterocycles. The highest BCUT2D eigenvalue weighted by Gasteiger charge is 2.38. The largest absolute Gasteiger partial charge is 0.508 e. The van der Waals surface area contributed by atoms with E-state index in [2.05, 4.69) is 34.0 Å². The molecule has 3 heterocycles. The van der Waals surface area contributed by atoms with Crippen LogP contribution in [0.15, 0.2) is 46.1 Å². The molecule has 10 heteroatoms. The van der Waals surface area contributed by atoms with Crippen LogP contribution in [0.3, 0.4) is 0 Å². The fourth-order valence-electron chi connectivity index (χ4n) is 5.32. The molecule has 2 aliphatic heterocycles. The number of ether oxygens (including phenoxy) is 3. The molecule has 0 radical (unpaired) electrons. The fraction of sp³-hybridized carbons (Fsp3) is 0.607. The second kappa shape index (κ2) is 13.2. The first-order valence-electron chi connectivity index (χ1n) is 13.6. The maximum atomic E-state index is 12.6. The Bertz CT molecular complexity index is 1170. The van der Waals surface area contributed by atoms with Crippen molar-refractivity contribution in [2.45, 2.75) is 77.0 Å². The molecule has 1 aromatic heterocycles. The lowest BCUT2D eigenvalue weighted by Gasteiger charge is -2.36. The average Bonchev–Trinajstić information content (AvgIpc) is 3.30. The van der Waals surface area contributed by atoms with Crippen LogP contribution in [-0.4, -0.2) is 77.0 Å². The number of nitrogens with one attached hydrogen (secondary N) is 1. The van der Waals surface area contributed by atoms with Gasteiger partial charge in [-0.15, -0.1) is 0 Å². The Morgan fingerprint density at radius 1 is 1.21 bits per heavy atom. The van der Waals surface area contributed by atoms with E-state index >= 15 is 0 Å². The van der Waals surface area contributed by atoms with Crippen LogP contribution in [0.2, 0.25) is 0 Å². The Balaban J connectivity index is 1.31. The first-order valence-corrected chi connectivity index (χ1v) is 13.6. The van der Waals surface area contributed by atoms with Crippen molar-refractivity contribution in [2.75, 3.05) is 33.3 Å². The summed E-state index contributed by atoms with van der Waals surface area (Å²) < 4.78 is 18.4. The molecule has 38 heavy (non-hydrogen) atoms. The summed E-state index contributed by atoms with van der Waals surface area (Å²) in [6.07, 6.45) is 3.74. The van der Waals surface area contributed by atoms with E-state index in [1.165, 1.54) is 35.6 Å². The van der Waals surface area contributed by atoms with E-state index in [4.69, 9.17) is 14.2 Å². The van der Waals surface area contributed by atoms with Gasteiger partial charge in [0.2, 0.25) is 0 Å². The third-order valence-corrected chi connectivity index (χ3v) is 7.55. The minimum atomic E-state index is -0.739. The van der Waals surface area contributed by atoms with E-state index < -0.39 is 29.7 Å². The Kier molecular flexibility index (Phi) is 9.76. The molecule has 0 aliphatic carbocycles. The lowest BCUT2D eigenvalue weighted by atomic mass is 10.0. The van der Waals surface area contributed by atoms with Gasteiger partial charge in [0.15, 0.2) is 0 Å². The Morgan fingerprint density at radius 2 is 2.00 bits per heavy atom. The third-order valence-electron chi connectivity index (χ3n) is 7.55. The number of hydrogen-bond donors (Lipinski definition) is 1. The van der Waals surface area contributed by atoms with Crippen LogP contribution in [-0.2, 0) is 20.8 Å². The van der Waals surface area contributed by atoms with Gasteiger partial charge in [0.25, 0.3) is 5.56 Å². The lowest BCUT2D eigenvalue weighted by Crippen LogP contribution is -2.45. The van der Waals surface area contributed by atoms with Crippen molar-refractivity contribution >= 4 is 6.16 Å². The number of aryl methyl sites for hydroxylation is 1. The number of piperidine rings is 1. The van der Waals surface area contributed by atoms with Gasteiger partial charge >= 0.3 is 11.8 Å². The number of aromatic amines is 1. The van der Waals surface area contributed by atoms with Gasteiger partial charge in [-0.1, -0.05) is 43.7 Å². The molecule has 208 valence electrons. The normalized spacial score (nSPS) is 24.0. The van der Waals surface area contributed by atoms with Gasteiger partial charge in [-0.05, 0) is 45.3 Å². The van der Waals surface area contributed by atoms with Crippen molar-refractivity contribution in [2.24, 2.45) is 0 Å². The predicted octanol–water partition coefficient (Wildman–Crippen LogP) is 3.05. The minimum Gasteiger partial charge on any atom is -0.433 e. The molecule has 2 aliphatic rings. The van der Waals surface area contributed by atoms with Gasteiger partial charge in [-0.2, -0.15) is 0 Å². The number of aromatic nitrogens is 2. The lowest BCUT2D eigenvalue weighted by molar-refractivity contribution is -0.0385. The van der Waals surface area contributed by atoms with Crippen LogP contribution in [0.4, 0.5) is 4.79 Å². The van der Waals surface area contributed by atoms with Crippen molar-refractivity contribution in [1.29, 1.82) is 0 Å². The van der Waals surface area contributed by atoms with Crippen LogP contribution in [0.1, 0.15) is 56.4 Å². The standard InChI is InChI=1S/C28H40N4O6/c1-4-23-24(16-25(37-23)32-17-20(2)26(33)29-27(32)34)38-28(35)36-15-14-31(18-21-10-6-5-7-11-21)19-22-12-8-9-13-30(22)3/h5-7,10-11,17,22-25H,4,8-9,12-16,18-19H2,1-3H3,(H,29,33,34)/t22?,23-,24?,25-/m1/s1. The van der Waals surface area contributed by atoms with Gasteiger partial charge < -0.3 is 19.1 Å². The van der Waals surface area contributed by atoms with Crippen LogP contribution in [0.5, 0.6) is 0 Å². The van der Waals surface area contributed by atoms with Crippen molar-refractivity contribution in [3.05, 3.63) is 68.5 Å². The van der Waals surface area contributed by atoms with E-state index in [9.17, 15) is 14.4 Å². The summed E-state index contributed by atoms with van der Waals surface area (Å²) >= 11 is 0. The number of rotatable bonds is 10. The molecule has 2 aromatic rings. The maximum absolute atomic E-state index is 12.6. The van der Waals surface area contributed by atoms with E-state index in [0.29, 0.717) is 31.0 Å². The van der Waals surface area contributed by atoms with Gasteiger partial charge in [-0.3, -0.25) is 19.2 Å². The molecule has 0 amide bonds. The van der Waals surface area contributed by atoms with E-state index in [-0.39, 0.29) is 12.7 Å². The molecule has 1 aromatic carbocycles. The summed E-state index contributed by atoms with van der Waals surface area (Å²) in [4.78, 5) is 43.7. The topological polar surface area (TPSA) is 106 Å². The van der Waals surface area contributed by atoms with Crippen LogP contribution >= 0.6 is 0 Å². The molecular formula is C28H40N4O6. The van der Waals surface area contributed by atoms with Crippen LogP contribution < -0.4 is 11.2 Å². The van der Waals surface area contributed by atoms with Gasteiger partial charge in [0, 0.05) is 43.9 Å². The summed E-state index contributed by atoms with van der Waals surface area (Å²) in [7, 11) is 2.18. The summed E-state index contributed by atoms with van der Waals surface area (Å²) in [6, 6.07) is 10.8. The van der Waals surface area contributed by atoms with Crippen molar-refractivity contribution in [3.63, 3.8) is 0 Å². The molecule has 10 nitrogen and oxygen atoms in total. The number of nitrogens with zero attached hydrogens (tertiary/aromatic N) is 3. The zero-order valence-corrected chi connectivity index (χ0v) is 22.6. The van der Waals surface area contributed by atoms with Crippen LogP contribution in [0.25, 0.3) is 0 Å². The van der Waals surface area contributed by atoms with Gasteiger partial charge in [0.1, 0.15) is 18.9 Å². The second-order valence-corrected chi connectivity index (χ2v) is 10.4. The molecule has 4 atom stereocenters. The summed E-state index contributed by atoms with van der Waals surface area (Å²) in [5.41, 5.74) is 0.653. The molecule has 0 saturated carbocycles. The maximum Gasteiger partial charge on any atom is 0.508 e. The van der Waals surface area contributed by atoms with Crippen molar-refractivity contribution in [3.8, 4) is 0 Å². The summed E-state index contributed by atoms with van der Waals surface area (Å²) in [6.45, 7) is 7.18. The first kappa shape index (κ1) is 28.1. The molecule has 1 N–H and O–H groups in total. The highest BCUT2D eigenvalue weighted by molar-refractivity contribution is 5.60. The zero-order chi connectivity index (χ0) is 27.1. The van der Waals surface area contributed by atoms with Crippen molar-refractivity contribution in [1.82, 2.24) is 19.4 Å². The number of carbonyl (C=O) groups is 1. The molecule has 2 unspecified atom stereocenters. The Hall–Kier alpha value is -2.95. The predicted molar refractivity (Wildman–Crippen MR) is 143 cm³/mol. The van der Waals surface area contributed by atoms with E-state index in [1.807, 2.05) is 25.1 Å². The SMILES string of the molecule is CC[C@H]1O[C@@H](n2cc(C)c(=O)[nH]c2=O)CC1OC(=O)OCCN(Cc1ccccc1)CC1CCCCN1C. The number of carbonyl (C=O) groups excluding carboxylic acids is 1. The minimum absolute atomic E-state index is 0.217. The van der Waals surface area contributed by atoms with E-state index in [1.54, 1.807) is 6.92 Å². The van der Waals surface area contributed by atoms with Crippen LogP contribution in [0, 0.1) is 6.92 Å². The monoisotopic (exact) mass is 528 g/mol. The highest BCUT2D eigenvalue weighted by Crippen LogP contribution is 2.31.